The van der Waals surface area contributed by atoms with E-state index in [0.29, 0.717) is 12.5 Å². The second-order valence-corrected chi connectivity index (χ2v) is 4.90. The van der Waals surface area contributed by atoms with Gasteiger partial charge in [0.25, 0.3) is 0 Å². The Labute approximate surface area is 98.1 Å². The predicted molar refractivity (Wildman–Crippen MR) is 64.1 cm³/mol. The average molecular weight is 228 g/mol. The SMILES string of the molecule is CCC1CCCN1CCC(C)(N)C(=O)OC. The van der Waals surface area contributed by atoms with Gasteiger partial charge in [-0.1, -0.05) is 6.92 Å². The molecule has 1 aliphatic heterocycles. The molecule has 0 aromatic rings. The molecule has 0 saturated carbocycles. The molecule has 0 aromatic heterocycles. The maximum absolute atomic E-state index is 11.4. The van der Waals surface area contributed by atoms with Crippen molar-refractivity contribution in [2.45, 2.75) is 51.1 Å². The molecule has 16 heavy (non-hydrogen) atoms. The number of nitrogens with two attached hydrogens (primary N) is 1. The fraction of sp³-hybridized carbons (Fsp3) is 0.917. The molecule has 1 heterocycles. The summed E-state index contributed by atoms with van der Waals surface area (Å²) in [5.41, 5.74) is 5.08. The zero-order valence-corrected chi connectivity index (χ0v) is 10.7. The van der Waals surface area contributed by atoms with Crippen LogP contribution in [0.3, 0.4) is 0 Å². The summed E-state index contributed by atoms with van der Waals surface area (Å²) in [7, 11) is 1.39. The maximum Gasteiger partial charge on any atom is 0.325 e. The molecular weight excluding hydrogens is 204 g/mol. The largest absolute Gasteiger partial charge is 0.468 e. The van der Waals surface area contributed by atoms with Crippen molar-refractivity contribution in [2.24, 2.45) is 5.73 Å². The van der Waals surface area contributed by atoms with Crippen LogP contribution in [0, 0.1) is 0 Å². The quantitative estimate of drug-likeness (QED) is 0.717. The molecule has 1 saturated heterocycles. The number of methoxy groups -OCH3 is 1. The van der Waals surface area contributed by atoms with Crippen molar-refractivity contribution in [2.75, 3.05) is 20.2 Å². The van der Waals surface area contributed by atoms with E-state index in [1.807, 2.05) is 0 Å². The number of rotatable bonds is 5. The molecule has 0 aliphatic carbocycles. The first kappa shape index (κ1) is 13.5. The molecule has 4 nitrogen and oxygen atoms in total. The summed E-state index contributed by atoms with van der Waals surface area (Å²) < 4.78 is 4.70. The van der Waals surface area contributed by atoms with Crippen LogP contribution in [0.15, 0.2) is 0 Å². The van der Waals surface area contributed by atoms with Crippen LogP contribution in [-0.2, 0) is 9.53 Å². The van der Waals surface area contributed by atoms with Gasteiger partial charge in [0.2, 0.25) is 0 Å². The van der Waals surface area contributed by atoms with Gasteiger partial charge in [0.1, 0.15) is 5.54 Å². The number of carbonyl (C=O) groups is 1. The van der Waals surface area contributed by atoms with Gasteiger partial charge in [0.05, 0.1) is 7.11 Å². The van der Waals surface area contributed by atoms with Crippen LogP contribution < -0.4 is 5.73 Å². The van der Waals surface area contributed by atoms with Gasteiger partial charge in [0.15, 0.2) is 0 Å². The van der Waals surface area contributed by atoms with E-state index in [2.05, 4.69) is 11.8 Å². The molecule has 1 aliphatic rings. The van der Waals surface area contributed by atoms with E-state index in [1.54, 1.807) is 6.92 Å². The summed E-state index contributed by atoms with van der Waals surface area (Å²) in [5, 5.41) is 0. The van der Waals surface area contributed by atoms with Crippen molar-refractivity contribution < 1.29 is 9.53 Å². The second-order valence-electron chi connectivity index (χ2n) is 4.90. The standard InChI is InChI=1S/C12H24N2O2/c1-4-10-6-5-8-14(10)9-7-12(2,13)11(15)16-3/h10H,4-9,13H2,1-3H3. The Bertz CT molecular complexity index is 241. The molecule has 2 unspecified atom stereocenters. The Morgan fingerprint density at radius 3 is 2.88 bits per heavy atom. The van der Waals surface area contributed by atoms with E-state index in [4.69, 9.17) is 10.5 Å². The monoisotopic (exact) mass is 228 g/mol. The molecule has 0 radical (unpaired) electrons. The fourth-order valence-electron chi connectivity index (χ4n) is 2.36. The first-order valence-corrected chi connectivity index (χ1v) is 6.12. The van der Waals surface area contributed by atoms with Crippen LogP contribution >= 0.6 is 0 Å². The van der Waals surface area contributed by atoms with Crippen molar-refractivity contribution in [3.8, 4) is 0 Å². The molecule has 2 N–H and O–H groups in total. The minimum atomic E-state index is -0.852. The Morgan fingerprint density at radius 2 is 2.31 bits per heavy atom. The van der Waals surface area contributed by atoms with Gasteiger partial charge in [-0.25, -0.2) is 0 Å². The van der Waals surface area contributed by atoms with Gasteiger partial charge in [-0.3, -0.25) is 4.79 Å². The van der Waals surface area contributed by atoms with Crippen molar-refractivity contribution in [3.63, 3.8) is 0 Å². The van der Waals surface area contributed by atoms with Gasteiger partial charge >= 0.3 is 5.97 Å². The summed E-state index contributed by atoms with van der Waals surface area (Å²) in [6.07, 6.45) is 4.38. The van der Waals surface area contributed by atoms with E-state index in [1.165, 1.54) is 26.4 Å². The fourth-order valence-corrected chi connectivity index (χ4v) is 2.36. The second kappa shape index (κ2) is 5.64. The molecule has 94 valence electrons. The molecule has 0 amide bonds. The van der Waals surface area contributed by atoms with Gasteiger partial charge in [-0.05, 0) is 39.2 Å². The van der Waals surface area contributed by atoms with Gasteiger partial charge in [0, 0.05) is 12.6 Å². The molecular formula is C12H24N2O2. The third kappa shape index (κ3) is 3.19. The molecule has 0 bridgehead atoms. The number of ether oxygens (including phenoxy) is 1. The topological polar surface area (TPSA) is 55.6 Å². The first-order valence-electron chi connectivity index (χ1n) is 6.12. The third-order valence-electron chi connectivity index (χ3n) is 3.54. The van der Waals surface area contributed by atoms with Gasteiger partial charge < -0.3 is 15.4 Å². The van der Waals surface area contributed by atoms with E-state index in [9.17, 15) is 4.79 Å². The number of hydrogen-bond donors (Lipinski definition) is 1. The Balaban J connectivity index is 2.41. The molecule has 1 fully saturated rings. The molecule has 4 heteroatoms. The molecule has 0 spiro atoms. The first-order chi connectivity index (χ1) is 7.51. The molecule has 1 rings (SSSR count). The number of esters is 1. The van der Waals surface area contributed by atoms with Crippen LogP contribution in [0.2, 0.25) is 0 Å². The highest BCUT2D eigenvalue weighted by Gasteiger charge is 2.31. The van der Waals surface area contributed by atoms with Crippen LogP contribution in [0.4, 0.5) is 0 Å². The highest BCUT2D eigenvalue weighted by Crippen LogP contribution is 2.21. The normalized spacial score (nSPS) is 25.4. The van der Waals surface area contributed by atoms with Gasteiger partial charge in [-0.15, -0.1) is 0 Å². The highest BCUT2D eigenvalue weighted by molar-refractivity contribution is 5.79. The van der Waals surface area contributed by atoms with E-state index in [0.717, 1.165) is 13.1 Å². The summed E-state index contributed by atoms with van der Waals surface area (Å²) >= 11 is 0. The van der Waals surface area contributed by atoms with Crippen LogP contribution in [-0.4, -0.2) is 42.6 Å². The molecule has 2 atom stereocenters. The Hall–Kier alpha value is -0.610. The lowest BCUT2D eigenvalue weighted by Gasteiger charge is -2.28. The third-order valence-corrected chi connectivity index (χ3v) is 3.54. The lowest BCUT2D eigenvalue weighted by Crippen LogP contribution is -2.48. The highest BCUT2D eigenvalue weighted by atomic mass is 16.5. The number of nitrogens with zero attached hydrogens (tertiary/aromatic N) is 1. The summed E-state index contributed by atoms with van der Waals surface area (Å²) in [5.74, 6) is -0.320. The lowest BCUT2D eigenvalue weighted by atomic mass is 9.99. The smallest absolute Gasteiger partial charge is 0.325 e. The van der Waals surface area contributed by atoms with Crippen molar-refractivity contribution in [1.82, 2.24) is 4.90 Å². The average Bonchev–Trinajstić information content (AvgIpc) is 2.72. The predicted octanol–water partition coefficient (Wildman–Crippen LogP) is 1.14. The summed E-state index contributed by atoms with van der Waals surface area (Å²) in [6, 6.07) is 0.674. The van der Waals surface area contributed by atoms with E-state index in [-0.39, 0.29) is 5.97 Å². The minimum Gasteiger partial charge on any atom is -0.468 e. The Morgan fingerprint density at radius 1 is 1.62 bits per heavy atom. The van der Waals surface area contributed by atoms with Crippen LogP contribution in [0.1, 0.15) is 39.5 Å². The lowest BCUT2D eigenvalue weighted by molar-refractivity contribution is -0.146. The van der Waals surface area contributed by atoms with E-state index < -0.39 is 5.54 Å². The van der Waals surface area contributed by atoms with E-state index >= 15 is 0 Å². The van der Waals surface area contributed by atoms with Gasteiger partial charge in [-0.2, -0.15) is 0 Å². The van der Waals surface area contributed by atoms with Crippen molar-refractivity contribution in [3.05, 3.63) is 0 Å². The number of hydrogen-bond acceptors (Lipinski definition) is 4. The molecule has 0 aromatic carbocycles. The van der Waals surface area contributed by atoms with Crippen LogP contribution in [0.25, 0.3) is 0 Å². The number of carbonyl (C=O) groups excluding carboxylic acids is 1. The Kier molecular flexibility index (Phi) is 4.74. The minimum absolute atomic E-state index is 0.320. The van der Waals surface area contributed by atoms with Crippen molar-refractivity contribution in [1.29, 1.82) is 0 Å². The number of likely N-dealkylation sites (tertiary alicyclic amines) is 1. The zero-order chi connectivity index (χ0) is 12.2. The van der Waals surface area contributed by atoms with Crippen molar-refractivity contribution >= 4 is 5.97 Å². The zero-order valence-electron chi connectivity index (χ0n) is 10.7. The maximum atomic E-state index is 11.4. The summed E-state index contributed by atoms with van der Waals surface area (Å²) in [6.45, 7) is 5.98. The summed E-state index contributed by atoms with van der Waals surface area (Å²) in [4.78, 5) is 13.9. The van der Waals surface area contributed by atoms with Crippen LogP contribution in [0.5, 0.6) is 0 Å².